The zero-order valence-corrected chi connectivity index (χ0v) is 14.1. The Hall–Kier alpha value is -3.19. The summed E-state index contributed by atoms with van der Waals surface area (Å²) in [6.45, 7) is 1.80. The lowest BCUT2D eigenvalue weighted by molar-refractivity contribution is -0.111. The van der Waals surface area contributed by atoms with Crippen LogP contribution in [0.3, 0.4) is 0 Å². The van der Waals surface area contributed by atoms with Gasteiger partial charge >= 0.3 is 0 Å². The SMILES string of the molecule is Cc1onc(-c2ccccc2)c1-c1ccc(C(C(N)=O)=S(=O)=O)cc1. The Morgan fingerprint density at radius 3 is 2.20 bits per heavy atom. The van der Waals surface area contributed by atoms with Gasteiger partial charge in [-0.3, -0.25) is 4.79 Å². The summed E-state index contributed by atoms with van der Waals surface area (Å²) in [6, 6.07) is 16.1. The molecule has 1 heterocycles. The molecule has 7 heteroatoms. The molecule has 3 aromatic rings. The number of nitrogens with two attached hydrogens (primary N) is 1. The Kier molecular flexibility index (Phi) is 4.49. The number of rotatable bonds is 4. The summed E-state index contributed by atoms with van der Waals surface area (Å²) in [4.78, 5) is 10.9. The summed E-state index contributed by atoms with van der Waals surface area (Å²) in [5.41, 5.74) is 8.57. The molecule has 0 aliphatic rings. The standard InChI is InChI=1S/C18H14N2O4S/c1-11-15(16(20-24-11)13-5-3-2-4-6-13)12-7-9-14(10-8-12)17(18(19)21)25(22)23/h2-10H,1H3,(H2,19,21). The summed E-state index contributed by atoms with van der Waals surface area (Å²) in [5, 5.41) is 4.12. The van der Waals surface area contributed by atoms with Crippen molar-refractivity contribution in [3.8, 4) is 22.4 Å². The molecule has 1 aromatic heterocycles. The summed E-state index contributed by atoms with van der Waals surface area (Å²) >= 11 is 0. The van der Waals surface area contributed by atoms with Crippen molar-refractivity contribution in [3.63, 3.8) is 0 Å². The largest absolute Gasteiger partial charge is 0.365 e. The van der Waals surface area contributed by atoms with Crippen LogP contribution in [0.15, 0.2) is 59.1 Å². The van der Waals surface area contributed by atoms with E-state index in [0.29, 0.717) is 11.5 Å². The van der Waals surface area contributed by atoms with Crippen LogP contribution >= 0.6 is 0 Å². The van der Waals surface area contributed by atoms with E-state index in [1.165, 1.54) is 12.1 Å². The van der Waals surface area contributed by atoms with Crippen molar-refractivity contribution in [3.05, 3.63) is 65.9 Å². The van der Waals surface area contributed by atoms with Crippen LogP contribution in [0.25, 0.3) is 22.4 Å². The quantitative estimate of drug-likeness (QED) is 0.571. The highest BCUT2D eigenvalue weighted by Crippen LogP contribution is 2.34. The lowest BCUT2D eigenvalue weighted by atomic mass is 9.98. The molecule has 1 amide bonds. The van der Waals surface area contributed by atoms with Crippen LogP contribution in [0.2, 0.25) is 0 Å². The lowest BCUT2D eigenvalue weighted by Crippen LogP contribution is -2.24. The van der Waals surface area contributed by atoms with Crippen molar-refractivity contribution in [1.82, 2.24) is 5.16 Å². The van der Waals surface area contributed by atoms with Gasteiger partial charge in [-0.05, 0) is 12.5 Å². The van der Waals surface area contributed by atoms with E-state index >= 15 is 0 Å². The third-order valence-corrected chi connectivity index (χ3v) is 4.51. The molecule has 0 bridgehead atoms. The maximum absolute atomic E-state index is 11.3. The number of primary amides is 1. The van der Waals surface area contributed by atoms with Crippen LogP contribution in [-0.4, -0.2) is 24.3 Å². The zero-order valence-electron chi connectivity index (χ0n) is 13.3. The third-order valence-electron chi connectivity index (χ3n) is 3.74. The molecule has 0 radical (unpaired) electrons. The molecule has 126 valence electrons. The molecule has 3 rings (SSSR count). The molecule has 2 N–H and O–H groups in total. The fourth-order valence-electron chi connectivity index (χ4n) is 2.61. The van der Waals surface area contributed by atoms with Crippen LogP contribution in [0, 0.1) is 6.92 Å². The topological polar surface area (TPSA) is 103 Å². The second kappa shape index (κ2) is 6.74. The van der Waals surface area contributed by atoms with Gasteiger partial charge in [-0.2, -0.15) is 8.42 Å². The van der Waals surface area contributed by atoms with E-state index in [4.69, 9.17) is 10.3 Å². The maximum atomic E-state index is 11.3. The van der Waals surface area contributed by atoms with Crippen molar-refractivity contribution in [2.45, 2.75) is 6.92 Å². The summed E-state index contributed by atoms with van der Waals surface area (Å²) in [6.07, 6.45) is 0. The minimum absolute atomic E-state index is 0.236. The van der Waals surface area contributed by atoms with Gasteiger partial charge in [-0.1, -0.05) is 59.8 Å². The number of carbonyl (C=O) groups is 1. The van der Waals surface area contributed by atoms with Crippen LogP contribution in [0.5, 0.6) is 0 Å². The van der Waals surface area contributed by atoms with Gasteiger partial charge in [-0.15, -0.1) is 0 Å². The lowest BCUT2D eigenvalue weighted by Gasteiger charge is -2.05. The van der Waals surface area contributed by atoms with Crippen LogP contribution in [0.1, 0.15) is 11.3 Å². The van der Waals surface area contributed by atoms with Gasteiger partial charge in [0.15, 0.2) is 4.86 Å². The first kappa shape index (κ1) is 16.7. The average Bonchev–Trinajstić information content (AvgIpc) is 2.97. The molecular formula is C18H14N2O4S. The summed E-state index contributed by atoms with van der Waals surface area (Å²) in [5.74, 6) is -0.356. The predicted molar refractivity (Wildman–Crippen MR) is 94.3 cm³/mol. The van der Waals surface area contributed by atoms with E-state index in [1.807, 2.05) is 30.3 Å². The van der Waals surface area contributed by atoms with Gasteiger partial charge in [0.05, 0.1) is 5.56 Å². The first-order valence-corrected chi connectivity index (χ1v) is 8.45. The van der Waals surface area contributed by atoms with E-state index in [0.717, 1.165) is 16.7 Å². The summed E-state index contributed by atoms with van der Waals surface area (Å²) < 4.78 is 27.7. The highest BCUT2D eigenvalue weighted by atomic mass is 32.2. The Morgan fingerprint density at radius 2 is 1.64 bits per heavy atom. The van der Waals surface area contributed by atoms with Gasteiger partial charge in [0.1, 0.15) is 11.5 Å². The molecule has 0 aliphatic heterocycles. The molecule has 0 unspecified atom stereocenters. The van der Waals surface area contributed by atoms with Gasteiger partial charge in [0.2, 0.25) is 10.3 Å². The highest BCUT2D eigenvalue weighted by molar-refractivity contribution is 7.75. The molecule has 0 saturated heterocycles. The minimum Gasteiger partial charge on any atom is -0.365 e. The zero-order chi connectivity index (χ0) is 18.0. The normalized spacial score (nSPS) is 10.4. The van der Waals surface area contributed by atoms with E-state index in [2.05, 4.69) is 5.16 Å². The van der Waals surface area contributed by atoms with Gasteiger partial charge in [0, 0.05) is 11.1 Å². The van der Waals surface area contributed by atoms with E-state index in [9.17, 15) is 13.2 Å². The molecule has 0 aliphatic carbocycles. The summed E-state index contributed by atoms with van der Waals surface area (Å²) in [7, 11) is -2.70. The van der Waals surface area contributed by atoms with E-state index in [1.54, 1.807) is 19.1 Å². The smallest absolute Gasteiger partial charge is 0.264 e. The fourth-order valence-corrected chi connectivity index (χ4v) is 3.11. The predicted octanol–water partition coefficient (Wildman–Crippen LogP) is 2.20. The molecule has 2 aromatic carbocycles. The number of benzene rings is 2. The first-order chi connectivity index (χ1) is 12.0. The van der Waals surface area contributed by atoms with Gasteiger partial charge in [-0.25, -0.2) is 0 Å². The monoisotopic (exact) mass is 354 g/mol. The molecule has 0 atom stereocenters. The molecule has 0 saturated carbocycles. The van der Waals surface area contributed by atoms with Crippen molar-refractivity contribution in [2.75, 3.05) is 0 Å². The molecule has 25 heavy (non-hydrogen) atoms. The Labute approximate surface area is 145 Å². The number of nitrogens with zero attached hydrogens (tertiary/aromatic N) is 1. The van der Waals surface area contributed by atoms with Gasteiger partial charge < -0.3 is 10.3 Å². The van der Waals surface area contributed by atoms with E-state index in [-0.39, 0.29) is 5.56 Å². The van der Waals surface area contributed by atoms with Crippen LogP contribution in [0.4, 0.5) is 0 Å². The van der Waals surface area contributed by atoms with Crippen LogP contribution in [-0.2, 0) is 15.1 Å². The molecular weight excluding hydrogens is 340 g/mol. The Morgan fingerprint density at radius 1 is 1.00 bits per heavy atom. The van der Waals surface area contributed by atoms with Gasteiger partial charge in [0.25, 0.3) is 5.91 Å². The molecule has 0 spiro atoms. The maximum Gasteiger partial charge on any atom is 0.264 e. The number of hydrogen-bond donors (Lipinski definition) is 1. The first-order valence-electron chi connectivity index (χ1n) is 7.37. The van der Waals surface area contributed by atoms with Crippen molar-refractivity contribution in [1.29, 1.82) is 0 Å². The third kappa shape index (κ3) is 3.22. The second-order valence-corrected chi connectivity index (χ2v) is 6.21. The molecule has 6 nitrogen and oxygen atoms in total. The molecule has 0 fully saturated rings. The average molecular weight is 354 g/mol. The Balaban J connectivity index is 2.10. The van der Waals surface area contributed by atoms with E-state index < -0.39 is 21.1 Å². The van der Waals surface area contributed by atoms with Crippen molar-refractivity contribution in [2.24, 2.45) is 5.73 Å². The highest BCUT2D eigenvalue weighted by Gasteiger charge is 2.18. The fraction of sp³-hybridized carbons (Fsp3) is 0.0556. The number of hydrogen-bond acceptors (Lipinski definition) is 5. The Bertz CT molecular complexity index is 1060. The van der Waals surface area contributed by atoms with Crippen molar-refractivity contribution >= 4 is 21.1 Å². The number of aromatic nitrogens is 1. The number of aryl methyl sites for hydroxylation is 1. The number of amides is 1. The van der Waals surface area contributed by atoms with Crippen molar-refractivity contribution < 1.29 is 17.7 Å². The second-order valence-electron chi connectivity index (χ2n) is 5.33. The number of carbonyl (C=O) groups excluding carboxylic acids is 1. The minimum atomic E-state index is -2.70. The van der Waals surface area contributed by atoms with Crippen LogP contribution < -0.4 is 5.73 Å².